The van der Waals surface area contributed by atoms with E-state index >= 15 is 0 Å². The number of nitrogens with zero attached hydrogens (tertiary/aromatic N) is 3. The molecule has 1 heterocycles. The Kier molecular flexibility index (Phi) is 4.70. The summed E-state index contributed by atoms with van der Waals surface area (Å²) in [5.74, 6) is 5.91. The third-order valence-corrected chi connectivity index (χ3v) is 4.60. The zero-order chi connectivity index (χ0) is 15.3. The Morgan fingerprint density at radius 2 is 2.14 bits per heavy atom. The summed E-state index contributed by atoms with van der Waals surface area (Å²) in [6, 6.07) is 6.56. The van der Waals surface area contributed by atoms with Gasteiger partial charge >= 0.3 is 0 Å². The van der Waals surface area contributed by atoms with Crippen LogP contribution in [0.25, 0.3) is 0 Å². The number of aromatic nitrogens is 3. The van der Waals surface area contributed by atoms with E-state index in [1.165, 1.54) is 23.7 Å². The number of rotatable bonds is 4. The molecule has 7 nitrogen and oxygen atoms in total. The summed E-state index contributed by atoms with van der Waals surface area (Å²) in [5.41, 5.74) is 5.76. The number of hydrogen-bond donors (Lipinski definition) is 2. The highest BCUT2D eigenvalue weighted by molar-refractivity contribution is 7.89. The molecule has 0 aliphatic rings. The van der Waals surface area contributed by atoms with Crippen molar-refractivity contribution in [1.29, 1.82) is 0 Å². The van der Waals surface area contributed by atoms with Gasteiger partial charge in [0.05, 0.1) is 18.0 Å². The molecule has 0 spiro atoms. The Hall–Kier alpha value is -2.21. The van der Waals surface area contributed by atoms with Crippen LogP contribution in [0.1, 0.15) is 11.4 Å². The third-order valence-electron chi connectivity index (χ3n) is 2.74. The number of aromatic amines is 1. The van der Waals surface area contributed by atoms with Gasteiger partial charge in [-0.05, 0) is 12.1 Å². The smallest absolute Gasteiger partial charge is 0.244 e. The molecule has 2 rings (SSSR count). The zero-order valence-electron chi connectivity index (χ0n) is 11.4. The van der Waals surface area contributed by atoms with Crippen LogP contribution in [0.4, 0.5) is 0 Å². The third kappa shape index (κ3) is 3.46. The Morgan fingerprint density at radius 3 is 2.81 bits per heavy atom. The first kappa shape index (κ1) is 15.2. The SMILES string of the molecule is CN(Cc1ncn[nH]1)S(=O)(=O)c1ccccc1C#CCN. The number of H-pyrrole nitrogens is 1. The molecule has 1 aromatic heterocycles. The summed E-state index contributed by atoms with van der Waals surface area (Å²) in [6.07, 6.45) is 1.33. The van der Waals surface area contributed by atoms with Crippen molar-refractivity contribution in [2.75, 3.05) is 13.6 Å². The van der Waals surface area contributed by atoms with Crippen LogP contribution in [0.5, 0.6) is 0 Å². The minimum atomic E-state index is -3.67. The molecule has 110 valence electrons. The van der Waals surface area contributed by atoms with Crippen LogP contribution >= 0.6 is 0 Å². The molecular weight excluding hydrogens is 290 g/mol. The monoisotopic (exact) mass is 305 g/mol. The molecule has 0 aliphatic carbocycles. The van der Waals surface area contributed by atoms with Gasteiger partial charge in [-0.3, -0.25) is 5.10 Å². The van der Waals surface area contributed by atoms with Gasteiger partial charge in [0, 0.05) is 12.6 Å². The molecule has 0 radical (unpaired) electrons. The Balaban J connectivity index is 2.35. The predicted molar refractivity (Wildman–Crippen MR) is 77.4 cm³/mol. The van der Waals surface area contributed by atoms with Gasteiger partial charge in [0.1, 0.15) is 12.2 Å². The van der Waals surface area contributed by atoms with Crippen LogP contribution in [0.3, 0.4) is 0 Å². The lowest BCUT2D eigenvalue weighted by atomic mass is 10.2. The molecule has 0 fully saturated rings. The topological polar surface area (TPSA) is 105 Å². The highest BCUT2D eigenvalue weighted by atomic mass is 32.2. The van der Waals surface area contributed by atoms with E-state index in [0.29, 0.717) is 11.4 Å². The summed E-state index contributed by atoms with van der Waals surface area (Å²) in [5, 5.41) is 6.32. The Labute approximate surface area is 123 Å². The molecular formula is C13H15N5O2S. The molecule has 21 heavy (non-hydrogen) atoms. The van der Waals surface area contributed by atoms with E-state index in [-0.39, 0.29) is 18.0 Å². The number of sulfonamides is 1. The summed E-state index contributed by atoms with van der Waals surface area (Å²) in [6.45, 7) is 0.267. The normalized spacial score (nSPS) is 11.2. The average Bonchev–Trinajstić information content (AvgIpc) is 2.98. The largest absolute Gasteiger partial charge is 0.320 e. The van der Waals surface area contributed by atoms with E-state index in [9.17, 15) is 8.42 Å². The van der Waals surface area contributed by atoms with Crippen molar-refractivity contribution < 1.29 is 8.42 Å². The molecule has 0 saturated carbocycles. The van der Waals surface area contributed by atoms with E-state index in [1.54, 1.807) is 18.2 Å². The molecule has 0 aliphatic heterocycles. The van der Waals surface area contributed by atoms with Crippen LogP contribution < -0.4 is 5.73 Å². The predicted octanol–water partition coefficient (Wildman–Crippen LogP) is -0.0644. The van der Waals surface area contributed by atoms with E-state index in [0.717, 1.165) is 0 Å². The molecule has 3 N–H and O–H groups in total. The first-order chi connectivity index (χ1) is 10.1. The van der Waals surface area contributed by atoms with Gasteiger partial charge in [-0.1, -0.05) is 24.0 Å². The molecule has 0 atom stereocenters. The average molecular weight is 305 g/mol. The minimum absolute atomic E-state index is 0.0982. The summed E-state index contributed by atoms with van der Waals surface area (Å²) >= 11 is 0. The van der Waals surface area contributed by atoms with Crippen LogP contribution in [0.2, 0.25) is 0 Å². The van der Waals surface area contributed by atoms with Crippen LogP contribution in [-0.4, -0.2) is 41.5 Å². The quantitative estimate of drug-likeness (QED) is 0.770. The lowest BCUT2D eigenvalue weighted by Crippen LogP contribution is -2.27. The van der Waals surface area contributed by atoms with Gasteiger partial charge in [-0.2, -0.15) is 9.40 Å². The number of nitrogens with two attached hydrogens (primary N) is 1. The van der Waals surface area contributed by atoms with E-state index in [2.05, 4.69) is 27.0 Å². The highest BCUT2D eigenvalue weighted by Gasteiger charge is 2.24. The van der Waals surface area contributed by atoms with E-state index in [1.807, 2.05) is 0 Å². The number of hydrogen-bond acceptors (Lipinski definition) is 5. The second-order valence-electron chi connectivity index (χ2n) is 4.20. The first-order valence-electron chi connectivity index (χ1n) is 6.14. The van der Waals surface area contributed by atoms with Gasteiger partial charge in [0.25, 0.3) is 0 Å². The maximum Gasteiger partial charge on any atom is 0.244 e. The summed E-state index contributed by atoms with van der Waals surface area (Å²) in [4.78, 5) is 4.06. The molecule has 0 unspecified atom stereocenters. The fraction of sp³-hybridized carbons (Fsp3) is 0.231. The van der Waals surface area contributed by atoms with Crippen LogP contribution in [0.15, 0.2) is 35.5 Å². The molecule has 0 bridgehead atoms. The van der Waals surface area contributed by atoms with E-state index in [4.69, 9.17) is 5.73 Å². The Bertz CT molecular complexity index is 759. The fourth-order valence-electron chi connectivity index (χ4n) is 1.71. The molecule has 1 aromatic carbocycles. The lowest BCUT2D eigenvalue weighted by Gasteiger charge is -2.16. The second-order valence-corrected chi connectivity index (χ2v) is 6.21. The molecule has 8 heteroatoms. The zero-order valence-corrected chi connectivity index (χ0v) is 12.3. The van der Waals surface area contributed by atoms with Crippen molar-refractivity contribution in [3.05, 3.63) is 42.0 Å². The van der Waals surface area contributed by atoms with Gasteiger partial charge in [0.2, 0.25) is 10.0 Å². The summed E-state index contributed by atoms with van der Waals surface area (Å²) in [7, 11) is -2.20. The Morgan fingerprint density at radius 1 is 1.38 bits per heavy atom. The van der Waals surface area contributed by atoms with Gasteiger partial charge < -0.3 is 5.73 Å². The lowest BCUT2D eigenvalue weighted by molar-refractivity contribution is 0.457. The van der Waals surface area contributed by atoms with E-state index < -0.39 is 10.0 Å². The number of nitrogens with one attached hydrogen (secondary N) is 1. The van der Waals surface area contributed by atoms with Crippen LogP contribution in [0, 0.1) is 11.8 Å². The van der Waals surface area contributed by atoms with Crippen molar-refractivity contribution in [1.82, 2.24) is 19.5 Å². The minimum Gasteiger partial charge on any atom is -0.320 e. The molecule has 0 saturated heterocycles. The molecule has 0 amide bonds. The van der Waals surface area contributed by atoms with Crippen LogP contribution in [-0.2, 0) is 16.6 Å². The maximum absolute atomic E-state index is 12.6. The van der Waals surface area contributed by atoms with Crippen molar-refractivity contribution in [3.8, 4) is 11.8 Å². The van der Waals surface area contributed by atoms with Crippen molar-refractivity contribution >= 4 is 10.0 Å². The van der Waals surface area contributed by atoms with Crippen molar-refractivity contribution in [2.45, 2.75) is 11.4 Å². The summed E-state index contributed by atoms with van der Waals surface area (Å²) < 4.78 is 26.4. The highest BCUT2D eigenvalue weighted by Crippen LogP contribution is 2.19. The fourth-order valence-corrected chi connectivity index (χ4v) is 2.99. The van der Waals surface area contributed by atoms with Gasteiger partial charge in [0.15, 0.2) is 0 Å². The standard InChI is InChI=1S/C13H15N5O2S/c1-18(9-13-15-10-16-17-13)21(19,20)12-7-3-2-5-11(12)6-4-8-14/h2-3,5,7,10H,8-9,14H2,1H3,(H,15,16,17). The van der Waals surface area contributed by atoms with Gasteiger partial charge in [-0.15, -0.1) is 0 Å². The number of benzene rings is 1. The van der Waals surface area contributed by atoms with Crippen molar-refractivity contribution in [2.24, 2.45) is 5.73 Å². The van der Waals surface area contributed by atoms with Crippen molar-refractivity contribution in [3.63, 3.8) is 0 Å². The second kappa shape index (κ2) is 6.49. The maximum atomic E-state index is 12.6. The first-order valence-corrected chi connectivity index (χ1v) is 7.58. The van der Waals surface area contributed by atoms with Gasteiger partial charge in [-0.25, -0.2) is 13.4 Å². The molecule has 2 aromatic rings.